The number of rotatable bonds is 6. The van der Waals surface area contributed by atoms with Gasteiger partial charge in [-0.25, -0.2) is 0 Å². The van der Waals surface area contributed by atoms with Crippen LogP contribution < -0.4 is 5.73 Å². The van der Waals surface area contributed by atoms with Gasteiger partial charge in [0.15, 0.2) is 0 Å². The molecule has 0 heterocycles. The van der Waals surface area contributed by atoms with Gasteiger partial charge in [0.2, 0.25) is 0 Å². The van der Waals surface area contributed by atoms with Crippen molar-refractivity contribution in [3.8, 4) is 0 Å². The van der Waals surface area contributed by atoms with Gasteiger partial charge < -0.3 is 10.5 Å². The minimum atomic E-state index is -0.436. The fourth-order valence-electron chi connectivity index (χ4n) is 0.911. The van der Waals surface area contributed by atoms with Crippen LogP contribution in [-0.2, 0) is 9.53 Å². The first-order chi connectivity index (χ1) is 6.11. The maximum atomic E-state index is 11.3. The summed E-state index contributed by atoms with van der Waals surface area (Å²) in [6, 6.07) is -0.436. The molecule has 0 amide bonds. The number of nitrogens with two attached hydrogens (primary N) is 1. The molecule has 0 aliphatic carbocycles. The predicted octanol–water partition coefficient (Wildman–Crippen LogP) is 1.85. The Labute approximate surface area is 80.6 Å². The molecule has 0 spiro atoms. The van der Waals surface area contributed by atoms with Gasteiger partial charge in [0.25, 0.3) is 0 Å². The monoisotopic (exact) mass is 187 g/mol. The van der Waals surface area contributed by atoms with Crippen LogP contribution in [0.2, 0.25) is 0 Å². The Bertz CT molecular complexity index is 148. The zero-order chi connectivity index (χ0) is 10.3. The van der Waals surface area contributed by atoms with Crippen LogP contribution in [0.5, 0.6) is 0 Å². The van der Waals surface area contributed by atoms with Gasteiger partial charge in [0.05, 0.1) is 6.10 Å². The summed E-state index contributed by atoms with van der Waals surface area (Å²) < 4.78 is 5.09. The van der Waals surface area contributed by atoms with Crippen LogP contribution in [0, 0.1) is 0 Å². The number of carbonyl (C=O) groups excluding carboxylic acids is 1. The Morgan fingerprint density at radius 1 is 1.46 bits per heavy atom. The Kier molecular flexibility index (Phi) is 6.59. The summed E-state index contributed by atoms with van der Waals surface area (Å²) in [6.07, 6.45) is 3.60. The summed E-state index contributed by atoms with van der Waals surface area (Å²) in [5.41, 5.74) is 5.63. The van der Waals surface area contributed by atoms with Crippen LogP contribution in [0.25, 0.3) is 0 Å². The molecule has 2 atom stereocenters. The van der Waals surface area contributed by atoms with Crippen molar-refractivity contribution in [2.75, 3.05) is 0 Å². The maximum absolute atomic E-state index is 11.3. The lowest BCUT2D eigenvalue weighted by molar-refractivity contribution is -0.150. The van der Waals surface area contributed by atoms with Crippen LogP contribution >= 0.6 is 0 Å². The number of ether oxygens (including phenoxy) is 1. The molecule has 0 saturated heterocycles. The molecule has 0 unspecified atom stereocenters. The van der Waals surface area contributed by atoms with Gasteiger partial charge in [-0.3, -0.25) is 4.79 Å². The molecule has 2 N–H and O–H groups in total. The number of unbranched alkanes of at least 4 members (excludes halogenated alkanes) is 1. The molecule has 13 heavy (non-hydrogen) atoms. The second kappa shape index (κ2) is 6.89. The van der Waals surface area contributed by atoms with E-state index in [9.17, 15) is 4.79 Å². The van der Waals surface area contributed by atoms with E-state index in [1.54, 1.807) is 0 Å². The first kappa shape index (κ1) is 12.4. The topological polar surface area (TPSA) is 52.3 Å². The van der Waals surface area contributed by atoms with Gasteiger partial charge in [-0.2, -0.15) is 0 Å². The van der Waals surface area contributed by atoms with Crippen LogP contribution in [0.15, 0.2) is 0 Å². The highest BCUT2D eigenvalue weighted by molar-refractivity contribution is 5.75. The van der Waals surface area contributed by atoms with Crippen molar-refractivity contribution in [1.82, 2.24) is 0 Å². The molecule has 0 aromatic heterocycles. The lowest BCUT2D eigenvalue weighted by Gasteiger charge is -2.14. The Morgan fingerprint density at radius 2 is 2.08 bits per heavy atom. The predicted molar refractivity (Wildman–Crippen MR) is 53.3 cm³/mol. The normalized spacial score (nSPS) is 15.1. The smallest absolute Gasteiger partial charge is 0.323 e. The molecule has 78 valence electrons. The van der Waals surface area contributed by atoms with Crippen molar-refractivity contribution in [2.45, 2.75) is 58.6 Å². The summed E-state index contributed by atoms with van der Waals surface area (Å²) in [4.78, 5) is 11.3. The standard InChI is InChI=1S/C10H21NO2/c1-4-6-7-9(11)10(12)13-8(3)5-2/h8-9H,4-7,11H2,1-3H3/t8-,9+/m1/s1. The summed E-state index contributed by atoms with van der Waals surface area (Å²) in [7, 11) is 0. The van der Waals surface area contributed by atoms with E-state index in [4.69, 9.17) is 10.5 Å². The quantitative estimate of drug-likeness (QED) is 0.645. The molecular formula is C10H21NO2. The van der Waals surface area contributed by atoms with Gasteiger partial charge in [-0.1, -0.05) is 26.7 Å². The molecular weight excluding hydrogens is 166 g/mol. The summed E-state index contributed by atoms with van der Waals surface area (Å²) in [6.45, 7) is 5.94. The molecule has 3 nitrogen and oxygen atoms in total. The van der Waals surface area contributed by atoms with Crippen molar-refractivity contribution < 1.29 is 9.53 Å². The van der Waals surface area contributed by atoms with Crippen molar-refractivity contribution in [1.29, 1.82) is 0 Å². The molecule has 0 radical (unpaired) electrons. The average Bonchev–Trinajstić information content (AvgIpc) is 2.13. The highest BCUT2D eigenvalue weighted by Crippen LogP contribution is 2.03. The van der Waals surface area contributed by atoms with E-state index in [2.05, 4.69) is 6.92 Å². The molecule has 0 saturated carbocycles. The third kappa shape index (κ3) is 5.64. The zero-order valence-electron chi connectivity index (χ0n) is 8.88. The number of esters is 1. The third-order valence-electron chi connectivity index (χ3n) is 2.06. The van der Waals surface area contributed by atoms with Gasteiger partial charge in [0.1, 0.15) is 6.04 Å². The van der Waals surface area contributed by atoms with E-state index in [1.165, 1.54) is 0 Å². The molecule has 0 aromatic carbocycles. The van der Waals surface area contributed by atoms with E-state index in [1.807, 2.05) is 13.8 Å². The van der Waals surface area contributed by atoms with E-state index in [-0.39, 0.29) is 12.1 Å². The molecule has 0 aliphatic rings. The number of hydrogen-bond donors (Lipinski definition) is 1. The van der Waals surface area contributed by atoms with E-state index in [0.29, 0.717) is 0 Å². The Balaban J connectivity index is 3.68. The number of hydrogen-bond acceptors (Lipinski definition) is 3. The molecule has 0 aliphatic heterocycles. The fourth-order valence-corrected chi connectivity index (χ4v) is 0.911. The molecule has 3 heteroatoms. The minimum absolute atomic E-state index is 0.0137. The van der Waals surface area contributed by atoms with Gasteiger partial charge in [-0.05, 0) is 19.8 Å². The van der Waals surface area contributed by atoms with E-state index in [0.717, 1.165) is 25.7 Å². The van der Waals surface area contributed by atoms with Crippen molar-refractivity contribution >= 4 is 5.97 Å². The Morgan fingerprint density at radius 3 is 2.54 bits per heavy atom. The zero-order valence-corrected chi connectivity index (χ0v) is 8.88. The second-order valence-corrected chi connectivity index (χ2v) is 3.40. The summed E-state index contributed by atoms with van der Waals surface area (Å²) in [5, 5.41) is 0. The fraction of sp³-hybridized carbons (Fsp3) is 0.900. The first-order valence-electron chi connectivity index (χ1n) is 5.07. The van der Waals surface area contributed by atoms with Crippen molar-refractivity contribution in [2.24, 2.45) is 5.73 Å². The van der Waals surface area contributed by atoms with Gasteiger partial charge in [-0.15, -0.1) is 0 Å². The molecule has 0 bridgehead atoms. The minimum Gasteiger partial charge on any atom is -0.462 e. The SMILES string of the molecule is CCCC[C@H](N)C(=O)O[C@H](C)CC. The van der Waals surface area contributed by atoms with Crippen LogP contribution in [0.1, 0.15) is 46.5 Å². The highest BCUT2D eigenvalue weighted by Gasteiger charge is 2.16. The third-order valence-corrected chi connectivity index (χ3v) is 2.06. The first-order valence-corrected chi connectivity index (χ1v) is 5.07. The largest absolute Gasteiger partial charge is 0.462 e. The molecule has 0 rings (SSSR count). The lowest BCUT2D eigenvalue weighted by Crippen LogP contribution is -2.34. The lowest BCUT2D eigenvalue weighted by atomic mass is 10.1. The van der Waals surface area contributed by atoms with E-state index < -0.39 is 6.04 Å². The van der Waals surface area contributed by atoms with Crippen LogP contribution in [0.3, 0.4) is 0 Å². The van der Waals surface area contributed by atoms with Crippen LogP contribution in [-0.4, -0.2) is 18.1 Å². The summed E-state index contributed by atoms with van der Waals surface area (Å²) >= 11 is 0. The van der Waals surface area contributed by atoms with Crippen LogP contribution in [0.4, 0.5) is 0 Å². The second-order valence-electron chi connectivity index (χ2n) is 3.40. The van der Waals surface area contributed by atoms with Gasteiger partial charge in [0, 0.05) is 0 Å². The van der Waals surface area contributed by atoms with Crippen molar-refractivity contribution in [3.63, 3.8) is 0 Å². The molecule has 0 fully saturated rings. The van der Waals surface area contributed by atoms with Gasteiger partial charge >= 0.3 is 5.97 Å². The molecule has 0 aromatic rings. The average molecular weight is 187 g/mol. The summed E-state index contributed by atoms with van der Waals surface area (Å²) in [5.74, 6) is -0.261. The Hall–Kier alpha value is -0.570. The maximum Gasteiger partial charge on any atom is 0.323 e. The van der Waals surface area contributed by atoms with E-state index >= 15 is 0 Å². The van der Waals surface area contributed by atoms with Crippen molar-refractivity contribution in [3.05, 3.63) is 0 Å². The number of carbonyl (C=O) groups is 1. The highest BCUT2D eigenvalue weighted by atomic mass is 16.5.